The maximum absolute atomic E-state index is 12.5. The summed E-state index contributed by atoms with van der Waals surface area (Å²) >= 11 is 0. The molecule has 0 saturated carbocycles. The van der Waals surface area contributed by atoms with Crippen LogP contribution in [0.15, 0.2) is 24.3 Å². The Labute approximate surface area is 203 Å². The highest BCUT2D eigenvalue weighted by Gasteiger charge is 2.38. The normalized spacial score (nSPS) is 20.9. The van der Waals surface area contributed by atoms with E-state index in [1.807, 2.05) is 18.2 Å². The molecule has 1 heterocycles. The van der Waals surface area contributed by atoms with Crippen molar-refractivity contribution in [2.45, 2.75) is 44.6 Å². The van der Waals surface area contributed by atoms with Crippen LogP contribution in [0.25, 0.3) is 0 Å². The van der Waals surface area contributed by atoms with E-state index in [4.69, 9.17) is 10.5 Å². The van der Waals surface area contributed by atoms with E-state index in [1.165, 1.54) is 0 Å². The molecule has 1 aliphatic heterocycles. The van der Waals surface area contributed by atoms with Gasteiger partial charge in [-0.25, -0.2) is 14.9 Å². The SMILES string of the molecule is C[C@H]1CN(CCNC(=O)C(CCCNC(=N)N[N+](=O)[O-])NC(=O)O)CC[C@]1(C)c1cccc(O)c1. The Bertz CT molecular complexity index is 914. The van der Waals surface area contributed by atoms with Gasteiger partial charge in [0.25, 0.3) is 5.96 Å². The Kier molecular flexibility index (Phi) is 10.1. The van der Waals surface area contributed by atoms with E-state index < -0.39 is 29.0 Å². The summed E-state index contributed by atoms with van der Waals surface area (Å²) in [6.07, 6.45) is 0.0660. The number of hydrogen-bond acceptors (Lipinski definition) is 7. The molecule has 7 N–H and O–H groups in total. The van der Waals surface area contributed by atoms with Crippen molar-refractivity contribution in [3.63, 3.8) is 0 Å². The summed E-state index contributed by atoms with van der Waals surface area (Å²) in [6, 6.07) is 6.41. The fourth-order valence-electron chi connectivity index (χ4n) is 4.34. The molecular formula is C22H35N7O6. The summed E-state index contributed by atoms with van der Waals surface area (Å²) in [6.45, 7) is 7.19. The van der Waals surface area contributed by atoms with E-state index in [0.717, 1.165) is 25.1 Å². The zero-order valence-corrected chi connectivity index (χ0v) is 20.0. The second kappa shape index (κ2) is 12.7. The van der Waals surface area contributed by atoms with E-state index >= 15 is 0 Å². The number of hydrazine groups is 1. The summed E-state index contributed by atoms with van der Waals surface area (Å²) in [5, 5.41) is 43.1. The van der Waals surface area contributed by atoms with Crippen LogP contribution in [0.2, 0.25) is 0 Å². The number of carbonyl (C=O) groups is 2. The highest BCUT2D eigenvalue weighted by atomic mass is 16.7. The number of benzene rings is 1. The van der Waals surface area contributed by atoms with Crippen LogP contribution < -0.4 is 21.4 Å². The van der Waals surface area contributed by atoms with Crippen molar-refractivity contribution < 1.29 is 24.8 Å². The molecule has 0 radical (unpaired) electrons. The lowest BCUT2D eigenvalue weighted by Gasteiger charge is -2.45. The second-order valence-corrected chi connectivity index (χ2v) is 9.03. The second-order valence-electron chi connectivity index (χ2n) is 9.03. The van der Waals surface area contributed by atoms with Gasteiger partial charge in [0.15, 0.2) is 5.03 Å². The maximum atomic E-state index is 12.5. The molecule has 35 heavy (non-hydrogen) atoms. The number of phenols is 1. The first-order valence-corrected chi connectivity index (χ1v) is 11.5. The minimum atomic E-state index is -1.32. The Morgan fingerprint density at radius 1 is 1.34 bits per heavy atom. The third kappa shape index (κ3) is 8.59. The van der Waals surface area contributed by atoms with Crippen LogP contribution in [0.3, 0.4) is 0 Å². The first-order chi connectivity index (χ1) is 16.5. The summed E-state index contributed by atoms with van der Waals surface area (Å²) in [5.41, 5.74) is 2.70. The summed E-state index contributed by atoms with van der Waals surface area (Å²) in [7, 11) is 0. The molecule has 2 amide bonds. The molecule has 1 saturated heterocycles. The Balaban J connectivity index is 1.78. The maximum Gasteiger partial charge on any atom is 0.405 e. The quantitative estimate of drug-likeness (QED) is 0.0768. The zero-order valence-electron chi connectivity index (χ0n) is 20.0. The van der Waals surface area contributed by atoms with E-state index in [0.29, 0.717) is 25.4 Å². The van der Waals surface area contributed by atoms with Crippen molar-refractivity contribution in [3.8, 4) is 5.75 Å². The van der Waals surface area contributed by atoms with Crippen molar-refractivity contribution in [1.29, 1.82) is 5.41 Å². The van der Waals surface area contributed by atoms with Crippen molar-refractivity contribution in [1.82, 2.24) is 26.3 Å². The van der Waals surface area contributed by atoms with E-state index in [9.17, 15) is 24.8 Å². The fraction of sp³-hybridized carbons (Fsp3) is 0.591. The summed E-state index contributed by atoms with van der Waals surface area (Å²) in [5.74, 6) is -0.349. The third-order valence-corrected chi connectivity index (χ3v) is 6.59. The number of carboxylic acid groups (broad SMARTS) is 1. The first-order valence-electron chi connectivity index (χ1n) is 11.5. The number of guanidine groups is 1. The topological polar surface area (TPSA) is 193 Å². The number of likely N-dealkylation sites (tertiary alicyclic amines) is 1. The molecule has 1 fully saturated rings. The number of phenolic OH excluding ortho intramolecular Hbond substituents is 1. The van der Waals surface area contributed by atoms with Gasteiger partial charge in [-0.2, -0.15) is 0 Å². The van der Waals surface area contributed by atoms with Crippen LogP contribution in [-0.4, -0.2) is 76.9 Å². The molecule has 1 aliphatic rings. The van der Waals surface area contributed by atoms with E-state index in [2.05, 4.69) is 34.7 Å². The molecule has 194 valence electrons. The zero-order chi connectivity index (χ0) is 26.0. The largest absolute Gasteiger partial charge is 0.508 e. The molecule has 1 aromatic rings. The van der Waals surface area contributed by atoms with Gasteiger partial charge in [0.05, 0.1) is 0 Å². The van der Waals surface area contributed by atoms with E-state index in [-0.39, 0.29) is 24.1 Å². The molecule has 0 aliphatic carbocycles. The predicted molar refractivity (Wildman–Crippen MR) is 129 cm³/mol. The van der Waals surface area contributed by atoms with Crippen LogP contribution >= 0.6 is 0 Å². The highest BCUT2D eigenvalue weighted by molar-refractivity contribution is 5.85. The van der Waals surface area contributed by atoms with Gasteiger partial charge in [0, 0.05) is 26.2 Å². The molecule has 0 bridgehead atoms. The molecular weight excluding hydrogens is 458 g/mol. The van der Waals surface area contributed by atoms with Crippen LogP contribution in [-0.2, 0) is 10.2 Å². The third-order valence-electron chi connectivity index (χ3n) is 6.59. The number of piperidine rings is 1. The minimum absolute atomic E-state index is 0.0610. The van der Waals surface area contributed by atoms with Crippen LogP contribution in [0.5, 0.6) is 5.75 Å². The number of hydrogen-bond donors (Lipinski definition) is 7. The molecule has 3 atom stereocenters. The number of nitro groups is 1. The van der Waals surface area contributed by atoms with Crippen LogP contribution in [0, 0.1) is 21.4 Å². The Morgan fingerprint density at radius 3 is 2.71 bits per heavy atom. The molecule has 13 heteroatoms. The molecule has 13 nitrogen and oxygen atoms in total. The summed E-state index contributed by atoms with van der Waals surface area (Å²) in [4.78, 5) is 36.2. The van der Waals surface area contributed by atoms with Crippen LogP contribution in [0.4, 0.5) is 4.79 Å². The van der Waals surface area contributed by atoms with Crippen molar-refractivity contribution in [2.24, 2.45) is 5.92 Å². The monoisotopic (exact) mass is 493 g/mol. The van der Waals surface area contributed by atoms with Crippen LogP contribution in [0.1, 0.15) is 38.7 Å². The Hall–Kier alpha value is -3.61. The Morgan fingerprint density at radius 2 is 2.09 bits per heavy atom. The number of aromatic hydroxyl groups is 1. The lowest BCUT2D eigenvalue weighted by atomic mass is 9.68. The molecule has 1 unspecified atom stereocenters. The van der Waals surface area contributed by atoms with Gasteiger partial charge in [0.2, 0.25) is 5.91 Å². The van der Waals surface area contributed by atoms with E-state index in [1.54, 1.807) is 11.5 Å². The molecule has 1 aromatic carbocycles. The number of carbonyl (C=O) groups excluding carboxylic acids is 1. The molecule has 0 spiro atoms. The summed E-state index contributed by atoms with van der Waals surface area (Å²) < 4.78 is 0. The average molecular weight is 494 g/mol. The number of nitrogens with zero attached hydrogens (tertiary/aromatic N) is 2. The van der Waals surface area contributed by atoms with Gasteiger partial charge in [-0.3, -0.25) is 10.2 Å². The van der Waals surface area contributed by atoms with Gasteiger partial charge in [-0.1, -0.05) is 31.4 Å². The van der Waals surface area contributed by atoms with Crippen molar-refractivity contribution in [2.75, 3.05) is 32.7 Å². The number of rotatable bonds is 11. The lowest BCUT2D eigenvalue weighted by Crippen LogP contribution is -2.51. The van der Waals surface area contributed by atoms with Gasteiger partial charge >= 0.3 is 6.09 Å². The van der Waals surface area contributed by atoms with Crippen molar-refractivity contribution >= 4 is 18.0 Å². The van der Waals surface area contributed by atoms with Gasteiger partial charge in [-0.15, -0.1) is 0 Å². The first kappa shape index (κ1) is 27.6. The average Bonchev–Trinajstić information content (AvgIpc) is 2.77. The van der Waals surface area contributed by atoms with Gasteiger partial charge in [0.1, 0.15) is 11.8 Å². The standard InChI is InChI=1S/C22H35N7O6/c1-15-14-28(11-8-22(15,2)16-5-3-6-17(30)13-16)12-10-24-19(31)18(26-21(32)33)7-4-9-25-20(23)27-29(34)35/h3,5-6,13,15,18,26,30H,4,7-12,14H2,1-2H3,(H,24,31)(H,32,33)(H3,23,25,27)/t15-,18?,22-/m0/s1. The minimum Gasteiger partial charge on any atom is -0.508 e. The van der Waals surface area contributed by atoms with Crippen molar-refractivity contribution in [3.05, 3.63) is 39.9 Å². The molecule has 0 aromatic heterocycles. The number of amides is 2. The lowest BCUT2D eigenvalue weighted by molar-refractivity contribution is -0.525. The molecule has 2 rings (SSSR count). The number of nitrogens with one attached hydrogen (secondary N) is 5. The smallest absolute Gasteiger partial charge is 0.405 e. The van der Waals surface area contributed by atoms with Gasteiger partial charge in [-0.05, 0) is 54.8 Å². The highest BCUT2D eigenvalue weighted by Crippen LogP contribution is 2.40. The van der Waals surface area contributed by atoms with Gasteiger partial charge < -0.3 is 31.1 Å². The predicted octanol–water partition coefficient (Wildman–Crippen LogP) is 0.830. The fourth-order valence-corrected chi connectivity index (χ4v) is 4.34.